The van der Waals surface area contributed by atoms with Gasteiger partial charge in [-0.05, 0) is 60.4 Å². The molecule has 0 saturated carbocycles. The van der Waals surface area contributed by atoms with E-state index in [0.29, 0.717) is 42.1 Å². The van der Waals surface area contributed by atoms with Gasteiger partial charge in [0.05, 0.1) is 24.8 Å². The number of nitriles is 1. The number of rotatable bonds is 8. The third-order valence-electron chi connectivity index (χ3n) is 6.02. The molecule has 0 N–H and O–H groups in total. The lowest BCUT2D eigenvalue weighted by Crippen LogP contribution is -2.27. The van der Waals surface area contributed by atoms with Crippen LogP contribution >= 0.6 is 0 Å². The summed E-state index contributed by atoms with van der Waals surface area (Å²) in [5.74, 6) is 0.212. The van der Waals surface area contributed by atoms with Crippen molar-refractivity contribution in [2.24, 2.45) is 5.92 Å². The molecule has 0 spiro atoms. The summed E-state index contributed by atoms with van der Waals surface area (Å²) >= 11 is 0. The van der Waals surface area contributed by atoms with E-state index in [1.165, 1.54) is 0 Å². The van der Waals surface area contributed by atoms with Crippen molar-refractivity contribution in [3.05, 3.63) is 82.7 Å². The smallest absolute Gasteiger partial charge is 0.183 e. The lowest BCUT2D eigenvalue weighted by atomic mass is 9.98. The molecular formula is C27H28FNO3. The molecule has 1 aliphatic heterocycles. The van der Waals surface area contributed by atoms with Gasteiger partial charge in [-0.3, -0.25) is 0 Å². The minimum Gasteiger partial charge on any atom is -0.385 e. The van der Waals surface area contributed by atoms with Crippen LogP contribution in [0.1, 0.15) is 41.4 Å². The maximum absolute atomic E-state index is 15.1. The van der Waals surface area contributed by atoms with Crippen LogP contribution in [0.3, 0.4) is 0 Å². The highest BCUT2D eigenvalue weighted by atomic mass is 19.1. The standard InChI is InChI=1S/C27H28FNO3/c1-30-14-2-3-21-17-31-27(32-18-21)24-12-13-25-23(15-24)11-10-22(26(25)28)9-8-19-4-6-20(16-29)7-5-19/h4-7,10-13,15,21,27H,2-3,8-9,14,17-18H2,1H3. The Balaban J connectivity index is 1.40. The molecule has 0 amide bonds. The molecule has 3 aromatic carbocycles. The SMILES string of the molecule is COCCCC1COC(c2ccc3c(F)c(CCc4ccc(C#N)cc4)ccc3c2)OC1. The summed E-state index contributed by atoms with van der Waals surface area (Å²) in [6.45, 7) is 2.08. The van der Waals surface area contributed by atoms with Crippen molar-refractivity contribution in [2.45, 2.75) is 32.0 Å². The molecule has 4 nitrogen and oxygen atoms in total. The largest absolute Gasteiger partial charge is 0.385 e. The van der Waals surface area contributed by atoms with Crippen LogP contribution in [0.25, 0.3) is 10.8 Å². The quantitative estimate of drug-likeness (QED) is 0.426. The van der Waals surface area contributed by atoms with Crippen molar-refractivity contribution in [3.8, 4) is 6.07 Å². The average Bonchev–Trinajstić information content (AvgIpc) is 2.84. The van der Waals surface area contributed by atoms with Gasteiger partial charge >= 0.3 is 0 Å². The van der Waals surface area contributed by atoms with E-state index in [9.17, 15) is 0 Å². The van der Waals surface area contributed by atoms with Crippen LogP contribution < -0.4 is 0 Å². The van der Waals surface area contributed by atoms with E-state index in [0.717, 1.165) is 42.4 Å². The molecule has 1 heterocycles. The number of hydrogen-bond acceptors (Lipinski definition) is 4. The zero-order valence-electron chi connectivity index (χ0n) is 18.4. The zero-order chi connectivity index (χ0) is 22.3. The van der Waals surface area contributed by atoms with Crippen LogP contribution in [0.15, 0.2) is 54.6 Å². The van der Waals surface area contributed by atoms with Gasteiger partial charge in [-0.1, -0.05) is 36.4 Å². The Kier molecular flexibility index (Phi) is 7.49. The summed E-state index contributed by atoms with van der Waals surface area (Å²) in [6.07, 6.45) is 2.95. The molecule has 1 saturated heterocycles. The van der Waals surface area contributed by atoms with E-state index in [-0.39, 0.29) is 5.82 Å². The first kappa shape index (κ1) is 22.4. The van der Waals surface area contributed by atoms with Gasteiger partial charge in [-0.25, -0.2) is 4.39 Å². The van der Waals surface area contributed by atoms with Crippen LogP contribution in [0.4, 0.5) is 4.39 Å². The fourth-order valence-corrected chi connectivity index (χ4v) is 4.14. The normalized spacial score (nSPS) is 18.5. The fourth-order valence-electron chi connectivity index (χ4n) is 4.14. The molecule has 32 heavy (non-hydrogen) atoms. The molecule has 4 rings (SSSR count). The highest BCUT2D eigenvalue weighted by molar-refractivity contribution is 5.84. The summed E-state index contributed by atoms with van der Waals surface area (Å²) < 4.78 is 32.1. The number of aryl methyl sites for hydroxylation is 2. The first-order valence-electron chi connectivity index (χ1n) is 11.1. The second kappa shape index (κ2) is 10.7. The van der Waals surface area contributed by atoms with Gasteiger partial charge in [-0.2, -0.15) is 5.26 Å². The monoisotopic (exact) mass is 433 g/mol. The molecule has 0 atom stereocenters. The minimum absolute atomic E-state index is 0.175. The molecule has 1 fully saturated rings. The van der Waals surface area contributed by atoms with E-state index >= 15 is 4.39 Å². The number of methoxy groups -OCH3 is 1. The van der Waals surface area contributed by atoms with Gasteiger partial charge in [0, 0.05) is 30.6 Å². The first-order chi connectivity index (χ1) is 15.7. The molecule has 0 aromatic heterocycles. The summed E-state index contributed by atoms with van der Waals surface area (Å²) in [5.41, 5.74) is 3.33. The number of halogens is 1. The Labute approximate surface area is 188 Å². The Hall–Kier alpha value is -2.78. The van der Waals surface area contributed by atoms with Crippen LogP contribution in [-0.2, 0) is 27.1 Å². The summed E-state index contributed by atoms with van der Waals surface area (Å²) in [4.78, 5) is 0. The van der Waals surface area contributed by atoms with Gasteiger partial charge in [0.2, 0.25) is 0 Å². The highest BCUT2D eigenvalue weighted by Gasteiger charge is 2.23. The van der Waals surface area contributed by atoms with Crippen LogP contribution in [0.5, 0.6) is 0 Å². The van der Waals surface area contributed by atoms with Crippen molar-refractivity contribution >= 4 is 10.8 Å². The maximum Gasteiger partial charge on any atom is 0.183 e. The summed E-state index contributed by atoms with van der Waals surface area (Å²) in [7, 11) is 1.71. The second-order valence-corrected chi connectivity index (χ2v) is 8.33. The first-order valence-corrected chi connectivity index (χ1v) is 11.1. The lowest BCUT2D eigenvalue weighted by molar-refractivity contribution is -0.206. The van der Waals surface area contributed by atoms with E-state index in [4.69, 9.17) is 19.5 Å². The van der Waals surface area contributed by atoms with Crippen LogP contribution in [0.2, 0.25) is 0 Å². The van der Waals surface area contributed by atoms with Crippen molar-refractivity contribution in [1.29, 1.82) is 5.26 Å². The number of fused-ring (bicyclic) bond motifs is 1. The maximum atomic E-state index is 15.1. The number of nitrogens with zero attached hydrogens (tertiary/aromatic N) is 1. The van der Waals surface area contributed by atoms with Gasteiger partial charge in [0.25, 0.3) is 0 Å². The molecule has 0 aliphatic carbocycles. The van der Waals surface area contributed by atoms with E-state index in [1.807, 2.05) is 42.5 Å². The molecule has 0 bridgehead atoms. The molecule has 1 aliphatic rings. The predicted molar refractivity (Wildman–Crippen MR) is 122 cm³/mol. The predicted octanol–water partition coefficient (Wildman–Crippen LogP) is 5.72. The van der Waals surface area contributed by atoms with E-state index < -0.39 is 6.29 Å². The zero-order valence-corrected chi connectivity index (χ0v) is 18.4. The molecule has 5 heteroatoms. The van der Waals surface area contributed by atoms with Crippen molar-refractivity contribution in [2.75, 3.05) is 26.9 Å². The van der Waals surface area contributed by atoms with Crippen molar-refractivity contribution in [1.82, 2.24) is 0 Å². The molecule has 166 valence electrons. The molecule has 3 aromatic rings. The summed E-state index contributed by atoms with van der Waals surface area (Å²) in [6, 6.07) is 19.1. The number of benzene rings is 3. The Morgan fingerprint density at radius 1 is 1.03 bits per heavy atom. The lowest BCUT2D eigenvalue weighted by Gasteiger charge is -2.29. The second-order valence-electron chi connectivity index (χ2n) is 8.33. The van der Waals surface area contributed by atoms with Crippen molar-refractivity contribution in [3.63, 3.8) is 0 Å². The van der Waals surface area contributed by atoms with Gasteiger partial charge in [-0.15, -0.1) is 0 Å². The van der Waals surface area contributed by atoms with E-state index in [2.05, 4.69) is 6.07 Å². The van der Waals surface area contributed by atoms with Crippen LogP contribution in [-0.4, -0.2) is 26.9 Å². The highest BCUT2D eigenvalue weighted by Crippen LogP contribution is 2.30. The Morgan fingerprint density at radius 2 is 1.81 bits per heavy atom. The Bertz CT molecular complexity index is 1080. The van der Waals surface area contributed by atoms with Gasteiger partial charge in [0.1, 0.15) is 5.82 Å². The van der Waals surface area contributed by atoms with E-state index in [1.54, 1.807) is 19.2 Å². The summed E-state index contributed by atoms with van der Waals surface area (Å²) in [5, 5.41) is 10.4. The number of hydrogen-bond donors (Lipinski definition) is 0. The number of ether oxygens (including phenoxy) is 3. The topological polar surface area (TPSA) is 51.5 Å². The van der Waals surface area contributed by atoms with Crippen LogP contribution in [0, 0.1) is 23.1 Å². The Morgan fingerprint density at radius 3 is 2.53 bits per heavy atom. The van der Waals surface area contributed by atoms with Gasteiger partial charge < -0.3 is 14.2 Å². The third kappa shape index (κ3) is 5.34. The molecule has 0 radical (unpaired) electrons. The minimum atomic E-state index is -0.405. The fraction of sp³-hybridized carbons (Fsp3) is 0.370. The average molecular weight is 434 g/mol. The molecule has 0 unspecified atom stereocenters. The van der Waals surface area contributed by atoms with Gasteiger partial charge in [0.15, 0.2) is 6.29 Å². The van der Waals surface area contributed by atoms with Crippen molar-refractivity contribution < 1.29 is 18.6 Å². The molecular weight excluding hydrogens is 405 g/mol. The third-order valence-corrected chi connectivity index (χ3v) is 6.02.